The van der Waals surface area contributed by atoms with Gasteiger partial charge in [0.2, 0.25) is 0 Å². The highest BCUT2D eigenvalue weighted by atomic mass is 32.1. The molecule has 1 saturated carbocycles. The lowest BCUT2D eigenvalue weighted by Gasteiger charge is -2.24. The number of methoxy groups -OCH3 is 1. The molecule has 2 heterocycles. The number of nitrogens with zero attached hydrogens (tertiary/aromatic N) is 2. The molecule has 0 saturated heterocycles. The fourth-order valence-electron chi connectivity index (χ4n) is 5.15. The van der Waals surface area contributed by atoms with Crippen molar-refractivity contribution < 1.29 is 22.7 Å². The third-order valence-corrected chi connectivity index (χ3v) is 8.24. The number of anilines is 1. The summed E-state index contributed by atoms with van der Waals surface area (Å²) in [6.07, 6.45) is 1.55. The lowest BCUT2D eigenvalue weighted by molar-refractivity contribution is -0.137. The summed E-state index contributed by atoms with van der Waals surface area (Å²) in [6, 6.07) is 14.1. The lowest BCUT2D eigenvalue weighted by atomic mass is 9.89. The smallest absolute Gasteiger partial charge is 0.416 e. The van der Waals surface area contributed by atoms with Gasteiger partial charge in [0.1, 0.15) is 10.8 Å². The largest absolute Gasteiger partial charge is 0.497 e. The Morgan fingerprint density at radius 3 is 2.41 bits per heavy atom. The van der Waals surface area contributed by atoms with Crippen LogP contribution in [0.15, 0.2) is 60.0 Å². The van der Waals surface area contributed by atoms with Crippen LogP contribution in [0.3, 0.4) is 0 Å². The van der Waals surface area contributed by atoms with Gasteiger partial charge in [0.15, 0.2) is 0 Å². The third-order valence-electron chi connectivity index (χ3n) is 7.35. The van der Waals surface area contributed by atoms with Crippen LogP contribution in [0, 0.1) is 12.8 Å². The number of carbonyl (C=O) groups excluding carboxylic acids is 1. The Morgan fingerprint density at radius 2 is 1.77 bits per heavy atom. The highest BCUT2D eigenvalue weighted by Crippen LogP contribution is 2.35. The van der Waals surface area contributed by atoms with Crippen molar-refractivity contribution in [3.8, 4) is 27.7 Å². The van der Waals surface area contributed by atoms with Gasteiger partial charge in [0, 0.05) is 28.9 Å². The summed E-state index contributed by atoms with van der Waals surface area (Å²) in [5.41, 5.74) is 3.50. The van der Waals surface area contributed by atoms with E-state index in [0.717, 1.165) is 64.9 Å². The predicted molar refractivity (Wildman–Crippen MR) is 148 cm³/mol. The fraction of sp³-hybridized carbons (Fsp3) is 0.333. The minimum absolute atomic E-state index is 0.310. The number of amides is 1. The van der Waals surface area contributed by atoms with Gasteiger partial charge in [-0.1, -0.05) is 19.3 Å². The monoisotopic (exact) mass is 553 g/mol. The van der Waals surface area contributed by atoms with Crippen molar-refractivity contribution in [1.29, 1.82) is 0 Å². The number of hydrogen-bond acceptors (Lipinski definition) is 4. The van der Waals surface area contributed by atoms with Gasteiger partial charge in [0.25, 0.3) is 5.91 Å². The van der Waals surface area contributed by atoms with Crippen LogP contribution in [0.4, 0.5) is 18.9 Å². The quantitative estimate of drug-likeness (QED) is 0.250. The zero-order valence-corrected chi connectivity index (χ0v) is 22.7. The Balaban J connectivity index is 1.45. The van der Waals surface area contributed by atoms with Crippen LogP contribution in [0.25, 0.3) is 22.0 Å². The van der Waals surface area contributed by atoms with E-state index in [-0.39, 0.29) is 5.91 Å². The molecule has 0 bridgehead atoms. The first-order valence-corrected chi connectivity index (χ1v) is 13.9. The van der Waals surface area contributed by atoms with E-state index in [1.165, 1.54) is 42.7 Å². The third kappa shape index (κ3) is 6.03. The number of thiazole rings is 1. The lowest BCUT2D eigenvalue weighted by Crippen LogP contribution is -2.17. The molecule has 1 N–H and O–H groups in total. The number of benzene rings is 2. The number of hydrogen-bond donors (Lipinski definition) is 1. The Kier molecular flexibility index (Phi) is 7.79. The maximum Gasteiger partial charge on any atom is 0.416 e. The molecular weight excluding hydrogens is 523 g/mol. The molecule has 5 nitrogen and oxygen atoms in total. The second-order valence-electron chi connectivity index (χ2n) is 9.94. The molecule has 1 aliphatic rings. The number of aromatic nitrogens is 2. The molecule has 39 heavy (non-hydrogen) atoms. The van der Waals surface area contributed by atoms with Crippen molar-refractivity contribution in [2.45, 2.75) is 51.7 Å². The number of ether oxygens (including phenoxy) is 1. The van der Waals surface area contributed by atoms with E-state index in [9.17, 15) is 18.0 Å². The first-order valence-electron chi connectivity index (χ1n) is 13.0. The molecule has 5 rings (SSSR count). The van der Waals surface area contributed by atoms with Crippen LogP contribution in [-0.2, 0) is 12.7 Å². The van der Waals surface area contributed by atoms with Gasteiger partial charge in [-0.3, -0.25) is 4.79 Å². The molecule has 204 valence electrons. The number of halogens is 3. The van der Waals surface area contributed by atoms with Crippen molar-refractivity contribution in [2.24, 2.45) is 5.92 Å². The molecule has 1 amide bonds. The van der Waals surface area contributed by atoms with Gasteiger partial charge in [0.05, 0.1) is 29.6 Å². The molecule has 0 aliphatic heterocycles. The molecule has 1 aliphatic carbocycles. The minimum atomic E-state index is -4.43. The summed E-state index contributed by atoms with van der Waals surface area (Å²) in [6.45, 7) is 2.72. The molecular formula is C30H30F3N3O2S. The maximum atomic E-state index is 13.3. The highest BCUT2D eigenvalue weighted by molar-refractivity contribution is 7.13. The highest BCUT2D eigenvalue weighted by Gasteiger charge is 2.30. The first-order chi connectivity index (χ1) is 18.7. The van der Waals surface area contributed by atoms with Gasteiger partial charge in [-0.05, 0) is 80.3 Å². The first kappa shape index (κ1) is 27.0. The number of rotatable bonds is 7. The van der Waals surface area contributed by atoms with Gasteiger partial charge in [-0.2, -0.15) is 13.2 Å². The fourth-order valence-corrected chi connectivity index (χ4v) is 5.97. The maximum absolute atomic E-state index is 13.3. The van der Waals surface area contributed by atoms with Gasteiger partial charge in [-0.15, -0.1) is 11.3 Å². The summed E-state index contributed by atoms with van der Waals surface area (Å²) in [5.74, 6) is 0.937. The Labute approximate surface area is 229 Å². The number of carbonyl (C=O) groups is 1. The predicted octanol–water partition coefficient (Wildman–Crippen LogP) is 8.45. The van der Waals surface area contributed by atoms with Gasteiger partial charge in [-0.25, -0.2) is 4.98 Å². The van der Waals surface area contributed by atoms with Crippen molar-refractivity contribution in [2.75, 3.05) is 12.4 Å². The van der Waals surface area contributed by atoms with E-state index in [0.29, 0.717) is 17.2 Å². The SMILES string of the molecule is COc1ccc(-c2nc(-c3cc(C(=O)Nc4ccc(C(F)(F)F)cc4)c(C)n3CC3CCCCC3)cs2)cc1. The summed E-state index contributed by atoms with van der Waals surface area (Å²) in [4.78, 5) is 18.2. The van der Waals surface area contributed by atoms with Gasteiger partial charge < -0.3 is 14.6 Å². The Hall–Kier alpha value is -3.59. The topological polar surface area (TPSA) is 56.1 Å². The standard InChI is InChI=1S/C30H30F3N3O2S/c1-19-25(28(37)34-23-12-10-22(11-13-23)30(31,32)33)16-27(36(19)17-20-6-4-3-5-7-20)26-18-39-29(35-26)21-8-14-24(38-2)15-9-21/h8-16,18,20H,3-7,17H2,1-2H3,(H,34,37). The number of alkyl halides is 3. The molecule has 4 aromatic rings. The van der Waals surface area contributed by atoms with Crippen molar-refractivity contribution in [1.82, 2.24) is 9.55 Å². The van der Waals surface area contributed by atoms with Crippen molar-refractivity contribution in [3.05, 3.63) is 76.8 Å². The Morgan fingerprint density at radius 1 is 1.08 bits per heavy atom. The summed E-state index contributed by atoms with van der Waals surface area (Å²) in [7, 11) is 1.63. The van der Waals surface area contributed by atoms with E-state index in [4.69, 9.17) is 9.72 Å². The molecule has 0 unspecified atom stereocenters. The van der Waals surface area contributed by atoms with E-state index in [2.05, 4.69) is 9.88 Å². The average molecular weight is 554 g/mol. The van der Waals surface area contributed by atoms with Crippen LogP contribution in [-0.4, -0.2) is 22.6 Å². The molecule has 2 aromatic heterocycles. The zero-order valence-electron chi connectivity index (χ0n) is 21.8. The minimum Gasteiger partial charge on any atom is -0.497 e. The Bertz CT molecular complexity index is 1430. The summed E-state index contributed by atoms with van der Waals surface area (Å²) in [5, 5.41) is 5.64. The molecule has 1 fully saturated rings. The van der Waals surface area contributed by atoms with Crippen LogP contribution >= 0.6 is 11.3 Å². The van der Waals surface area contributed by atoms with Crippen molar-refractivity contribution in [3.63, 3.8) is 0 Å². The molecule has 2 aromatic carbocycles. The summed E-state index contributed by atoms with van der Waals surface area (Å²) >= 11 is 1.54. The van der Waals surface area contributed by atoms with E-state index in [1.54, 1.807) is 7.11 Å². The van der Waals surface area contributed by atoms with E-state index < -0.39 is 11.7 Å². The molecule has 9 heteroatoms. The van der Waals surface area contributed by atoms with Crippen LogP contribution in [0.2, 0.25) is 0 Å². The normalized spacial score (nSPS) is 14.4. The van der Waals surface area contributed by atoms with Crippen LogP contribution < -0.4 is 10.1 Å². The zero-order chi connectivity index (χ0) is 27.6. The van der Waals surface area contributed by atoms with Crippen molar-refractivity contribution >= 4 is 22.9 Å². The second kappa shape index (κ2) is 11.3. The van der Waals surface area contributed by atoms with Crippen LogP contribution in [0.5, 0.6) is 5.75 Å². The van der Waals surface area contributed by atoms with E-state index >= 15 is 0 Å². The number of nitrogens with one attached hydrogen (secondary N) is 1. The molecule has 0 spiro atoms. The van der Waals surface area contributed by atoms with E-state index in [1.807, 2.05) is 42.6 Å². The average Bonchev–Trinajstić information content (AvgIpc) is 3.54. The summed E-state index contributed by atoms with van der Waals surface area (Å²) < 4.78 is 46.3. The second-order valence-corrected chi connectivity index (χ2v) is 10.8. The molecule has 0 radical (unpaired) electrons. The molecule has 0 atom stereocenters. The van der Waals surface area contributed by atoms with Gasteiger partial charge >= 0.3 is 6.18 Å². The van der Waals surface area contributed by atoms with Crippen LogP contribution in [0.1, 0.15) is 53.7 Å².